The largest absolute Gasteiger partial charge is 0.493 e. The van der Waals surface area contributed by atoms with Crippen molar-refractivity contribution in [2.24, 2.45) is 0 Å². The fourth-order valence-electron chi connectivity index (χ4n) is 2.01. The van der Waals surface area contributed by atoms with E-state index in [0.717, 1.165) is 31.7 Å². The molecule has 0 spiro atoms. The highest BCUT2D eigenvalue weighted by Crippen LogP contribution is 2.25. The molecule has 0 amide bonds. The van der Waals surface area contributed by atoms with E-state index in [1.165, 1.54) is 17.4 Å². The minimum absolute atomic E-state index is 0.199. The van der Waals surface area contributed by atoms with Crippen LogP contribution < -0.4 is 10.1 Å². The lowest BCUT2D eigenvalue weighted by Crippen LogP contribution is -2.24. The summed E-state index contributed by atoms with van der Waals surface area (Å²) in [6.45, 7) is 2.10. The highest BCUT2D eigenvalue weighted by Gasteiger charge is 2.11. The highest BCUT2D eigenvalue weighted by molar-refractivity contribution is 7.90. The van der Waals surface area contributed by atoms with Crippen LogP contribution in [-0.2, 0) is 22.7 Å². The molecule has 1 aliphatic heterocycles. The van der Waals surface area contributed by atoms with Gasteiger partial charge in [-0.25, -0.2) is 8.42 Å². The summed E-state index contributed by atoms with van der Waals surface area (Å²) >= 11 is 0. The van der Waals surface area contributed by atoms with E-state index < -0.39 is 9.84 Å². The first-order valence-electron chi connectivity index (χ1n) is 6.18. The third-order valence-corrected chi connectivity index (χ3v) is 3.94. The molecule has 100 valence electrons. The SMILES string of the molecule is CS(=O)(=O)CCNCCc1ccc2c(c1)CCO2. The van der Waals surface area contributed by atoms with Crippen molar-refractivity contribution in [3.05, 3.63) is 29.3 Å². The number of fused-ring (bicyclic) bond motifs is 1. The first kappa shape index (κ1) is 13.4. The quantitative estimate of drug-likeness (QED) is 0.776. The Morgan fingerprint density at radius 2 is 2.17 bits per heavy atom. The van der Waals surface area contributed by atoms with Gasteiger partial charge in [0.05, 0.1) is 12.4 Å². The van der Waals surface area contributed by atoms with Crippen LogP contribution in [-0.4, -0.2) is 40.1 Å². The van der Waals surface area contributed by atoms with Crippen molar-refractivity contribution in [2.75, 3.05) is 31.7 Å². The van der Waals surface area contributed by atoms with Crippen molar-refractivity contribution in [1.29, 1.82) is 0 Å². The van der Waals surface area contributed by atoms with E-state index in [1.807, 2.05) is 6.07 Å². The van der Waals surface area contributed by atoms with E-state index in [0.29, 0.717) is 6.54 Å². The number of benzene rings is 1. The van der Waals surface area contributed by atoms with Crippen LogP contribution in [0.15, 0.2) is 18.2 Å². The van der Waals surface area contributed by atoms with E-state index in [9.17, 15) is 8.42 Å². The summed E-state index contributed by atoms with van der Waals surface area (Å²) in [6.07, 6.45) is 3.16. The first-order chi connectivity index (χ1) is 8.54. The van der Waals surface area contributed by atoms with Crippen LogP contribution in [0.3, 0.4) is 0 Å². The molecule has 0 aliphatic carbocycles. The van der Waals surface area contributed by atoms with Gasteiger partial charge in [-0.05, 0) is 30.2 Å². The van der Waals surface area contributed by atoms with Crippen LogP contribution in [0.5, 0.6) is 5.75 Å². The molecule has 5 heteroatoms. The zero-order chi connectivity index (χ0) is 13.0. The Morgan fingerprint density at radius 1 is 1.33 bits per heavy atom. The summed E-state index contributed by atoms with van der Waals surface area (Å²) in [7, 11) is -2.86. The maximum Gasteiger partial charge on any atom is 0.148 e. The van der Waals surface area contributed by atoms with Crippen LogP contribution in [0, 0.1) is 0 Å². The van der Waals surface area contributed by atoms with E-state index in [2.05, 4.69) is 17.4 Å². The molecule has 0 radical (unpaired) electrons. The molecule has 0 fully saturated rings. The van der Waals surface area contributed by atoms with Gasteiger partial charge in [-0.1, -0.05) is 12.1 Å². The molecule has 2 rings (SSSR count). The average molecular weight is 269 g/mol. The maximum atomic E-state index is 10.9. The van der Waals surface area contributed by atoms with Gasteiger partial charge in [-0.2, -0.15) is 0 Å². The molecule has 0 atom stereocenters. The zero-order valence-corrected chi connectivity index (χ0v) is 11.4. The van der Waals surface area contributed by atoms with Crippen molar-refractivity contribution in [1.82, 2.24) is 5.32 Å². The minimum Gasteiger partial charge on any atom is -0.493 e. The fraction of sp³-hybridized carbons (Fsp3) is 0.538. The average Bonchev–Trinajstić information content (AvgIpc) is 2.74. The second kappa shape index (κ2) is 5.71. The van der Waals surface area contributed by atoms with Crippen LogP contribution in [0.2, 0.25) is 0 Å². The van der Waals surface area contributed by atoms with Gasteiger partial charge in [0.25, 0.3) is 0 Å². The molecule has 0 aromatic heterocycles. The Bertz CT molecular complexity index is 511. The van der Waals surface area contributed by atoms with Crippen molar-refractivity contribution < 1.29 is 13.2 Å². The Balaban J connectivity index is 1.74. The van der Waals surface area contributed by atoms with Gasteiger partial charge >= 0.3 is 0 Å². The highest BCUT2D eigenvalue weighted by atomic mass is 32.2. The lowest BCUT2D eigenvalue weighted by molar-refractivity contribution is 0.357. The van der Waals surface area contributed by atoms with Crippen molar-refractivity contribution in [3.63, 3.8) is 0 Å². The summed E-state index contributed by atoms with van der Waals surface area (Å²) in [5, 5.41) is 3.15. The molecule has 1 N–H and O–H groups in total. The molecule has 1 aliphatic rings. The number of nitrogens with one attached hydrogen (secondary N) is 1. The van der Waals surface area contributed by atoms with Gasteiger partial charge in [0.2, 0.25) is 0 Å². The normalized spacial score (nSPS) is 14.3. The summed E-state index contributed by atoms with van der Waals surface area (Å²) in [4.78, 5) is 0. The monoisotopic (exact) mass is 269 g/mol. The van der Waals surface area contributed by atoms with Crippen LogP contribution in [0.25, 0.3) is 0 Å². The second-order valence-electron chi connectivity index (χ2n) is 4.67. The summed E-state index contributed by atoms with van der Waals surface area (Å²) in [5.74, 6) is 1.20. The maximum absolute atomic E-state index is 10.9. The third kappa shape index (κ3) is 3.99. The van der Waals surface area contributed by atoms with Gasteiger partial charge in [0.1, 0.15) is 15.6 Å². The van der Waals surface area contributed by atoms with Crippen LogP contribution >= 0.6 is 0 Å². The summed E-state index contributed by atoms with van der Waals surface area (Å²) in [5.41, 5.74) is 2.55. The second-order valence-corrected chi connectivity index (χ2v) is 6.93. The predicted molar refractivity (Wildman–Crippen MR) is 71.9 cm³/mol. The van der Waals surface area contributed by atoms with Gasteiger partial charge in [-0.3, -0.25) is 0 Å². The third-order valence-electron chi connectivity index (χ3n) is 2.99. The Kier molecular flexibility index (Phi) is 4.24. The number of ether oxygens (including phenoxy) is 1. The topological polar surface area (TPSA) is 55.4 Å². The first-order valence-corrected chi connectivity index (χ1v) is 8.24. The molecule has 0 saturated heterocycles. The fourth-order valence-corrected chi connectivity index (χ4v) is 2.53. The Hall–Kier alpha value is -1.07. The molecule has 18 heavy (non-hydrogen) atoms. The number of hydrogen-bond acceptors (Lipinski definition) is 4. The van der Waals surface area contributed by atoms with Crippen molar-refractivity contribution >= 4 is 9.84 Å². The Labute approximate surface area is 108 Å². The van der Waals surface area contributed by atoms with E-state index in [1.54, 1.807) is 0 Å². The standard InChI is InChI=1S/C13H19NO3S/c1-18(15,16)9-7-14-6-4-11-2-3-13-12(10-11)5-8-17-13/h2-3,10,14H,4-9H2,1H3. The number of sulfone groups is 1. The molecule has 4 nitrogen and oxygen atoms in total. The van der Waals surface area contributed by atoms with Gasteiger partial charge in [0, 0.05) is 19.2 Å². The molecule has 1 aromatic rings. The molecule has 0 bridgehead atoms. The Morgan fingerprint density at radius 3 is 2.94 bits per heavy atom. The van der Waals surface area contributed by atoms with Crippen LogP contribution in [0.1, 0.15) is 11.1 Å². The smallest absolute Gasteiger partial charge is 0.148 e. The van der Waals surface area contributed by atoms with Gasteiger partial charge in [0.15, 0.2) is 0 Å². The van der Waals surface area contributed by atoms with E-state index in [-0.39, 0.29) is 5.75 Å². The molecular formula is C13H19NO3S. The molecule has 1 aromatic carbocycles. The summed E-state index contributed by atoms with van der Waals surface area (Å²) < 4.78 is 27.3. The lowest BCUT2D eigenvalue weighted by Gasteiger charge is -2.06. The minimum atomic E-state index is -2.86. The van der Waals surface area contributed by atoms with Gasteiger partial charge < -0.3 is 10.1 Å². The van der Waals surface area contributed by atoms with Crippen LogP contribution in [0.4, 0.5) is 0 Å². The zero-order valence-electron chi connectivity index (χ0n) is 10.6. The number of rotatable bonds is 6. The summed E-state index contributed by atoms with van der Waals surface area (Å²) in [6, 6.07) is 6.27. The van der Waals surface area contributed by atoms with E-state index >= 15 is 0 Å². The van der Waals surface area contributed by atoms with Crippen molar-refractivity contribution in [3.8, 4) is 5.75 Å². The number of hydrogen-bond donors (Lipinski definition) is 1. The van der Waals surface area contributed by atoms with Crippen molar-refractivity contribution in [2.45, 2.75) is 12.8 Å². The predicted octanol–water partition coefficient (Wildman–Crippen LogP) is 0.798. The molecule has 0 saturated carbocycles. The molecular weight excluding hydrogens is 250 g/mol. The molecule has 0 unspecified atom stereocenters. The van der Waals surface area contributed by atoms with E-state index in [4.69, 9.17) is 4.74 Å². The lowest BCUT2D eigenvalue weighted by atomic mass is 10.1. The molecule has 1 heterocycles. The van der Waals surface area contributed by atoms with Gasteiger partial charge in [-0.15, -0.1) is 0 Å².